The fourth-order valence-corrected chi connectivity index (χ4v) is 0.998. The summed E-state index contributed by atoms with van der Waals surface area (Å²) in [5, 5.41) is 0. The first kappa shape index (κ1) is 8.98. The summed E-state index contributed by atoms with van der Waals surface area (Å²) in [6.07, 6.45) is -6.13. The summed E-state index contributed by atoms with van der Waals surface area (Å²) < 4.78 is 43.7. The zero-order valence-electron chi connectivity index (χ0n) is 4.64. The van der Waals surface area contributed by atoms with Gasteiger partial charge in [0.15, 0.2) is 0 Å². The molecule has 0 aromatic rings. The van der Waals surface area contributed by atoms with Crippen LogP contribution in [-0.2, 0) is 4.57 Å². The Hall–Kier alpha value is -0.0200. The van der Waals surface area contributed by atoms with E-state index in [4.69, 9.17) is 4.89 Å². The zero-order chi connectivity index (χ0) is 7.71. The highest BCUT2D eigenvalue weighted by Gasteiger charge is 2.34. The Bertz CT molecular complexity index is 134. The Balaban J connectivity index is 3.90. The van der Waals surface area contributed by atoms with Crippen molar-refractivity contribution in [2.24, 2.45) is 0 Å². The van der Waals surface area contributed by atoms with E-state index in [1.807, 2.05) is 0 Å². The van der Waals surface area contributed by atoms with E-state index in [-0.39, 0.29) is 0 Å². The van der Waals surface area contributed by atoms with Crippen LogP contribution in [0, 0.1) is 0 Å². The summed E-state index contributed by atoms with van der Waals surface area (Å²) in [4.78, 5) is 8.19. The van der Waals surface area contributed by atoms with E-state index in [0.717, 1.165) is 0 Å². The van der Waals surface area contributed by atoms with E-state index in [9.17, 15) is 17.7 Å². The molecule has 0 saturated carbocycles. The van der Waals surface area contributed by atoms with Crippen molar-refractivity contribution >= 4 is 7.37 Å². The standard InChI is InChI=1S/C3H6F3O2P/c1-9(7,8)2-3(4,5)6/h2H2,1H3,(H,7,8). The fraction of sp³-hybridized carbons (Fsp3) is 1.00. The van der Waals surface area contributed by atoms with Crippen molar-refractivity contribution in [3.05, 3.63) is 0 Å². The number of hydrogen-bond donors (Lipinski definition) is 1. The average Bonchev–Trinajstić information content (AvgIpc) is 1.14. The normalized spacial score (nSPS) is 19.2. The number of hydrogen-bond acceptors (Lipinski definition) is 1. The molecule has 0 amide bonds. The SMILES string of the molecule is CP(=O)(O)CC(F)(F)F. The van der Waals surface area contributed by atoms with Gasteiger partial charge < -0.3 is 4.89 Å². The van der Waals surface area contributed by atoms with Crippen LogP contribution < -0.4 is 0 Å². The first-order valence-corrected chi connectivity index (χ1v) is 4.36. The zero-order valence-corrected chi connectivity index (χ0v) is 5.54. The summed E-state index contributed by atoms with van der Waals surface area (Å²) in [5.41, 5.74) is 0. The smallest absolute Gasteiger partial charge is 0.344 e. The molecule has 0 spiro atoms. The lowest BCUT2D eigenvalue weighted by Gasteiger charge is -2.07. The highest BCUT2D eigenvalue weighted by Crippen LogP contribution is 2.41. The lowest BCUT2D eigenvalue weighted by molar-refractivity contribution is -0.107. The maximum atomic E-state index is 11.2. The summed E-state index contributed by atoms with van der Waals surface area (Å²) >= 11 is 0. The molecule has 56 valence electrons. The van der Waals surface area contributed by atoms with Gasteiger partial charge in [0.05, 0.1) is 0 Å². The van der Waals surface area contributed by atoms with Gasteiger partial charge in [-0.2, -0.15) is 13.2 Å². The van der Waals surface area contributed by atoms with Crippen molar-refractivity contribution in [1.82, 2.24) is 0 Å². The van der Waals surface area contributed by atoms with Gasteiger partial charge in [-0.3, -0.25) is 4.57 Å². The van der Waals surface area contributed by atoms with Crippen molar-refractivity contribution in [2.75, 3.05) is 12.8 Å². The van der Waals surface area contributed by atoms with Crippen molar-refractivity contribution in [3.8, 4) is 0 Å². The maximum Gasteiger partial charge on any atom is 0.397 e. The van der Waals surface area contributed by atoms with Crippen molar-refractivity contribution in [1.29, 1.82) is 0 Å². The number of halogens is 3. The van der Waals surface area contributed by atoms with Crippen molar-refractivity contribution < 1.29 is 22.6 Å². The lowest BCUT2D eigenvalue weighted by Crippen LogP contribution is -2.13. The van der Waals surface area contributed by atoms with E-state index in [0.29, 0.717) is 6.66 Å². The fourth-order valence-electron chi connectivity index (χ4n) is 0.333. The summed E-state index contributed by atoms with van der Waals surface area (Å²) in [6, 6.07) is 0. The van der Waals surface area contributed by atoms with Gasteiger partial charge in [0.1, 0.15) is 6.16 Å². The minimum Gasteiger partial charge on any atom is -0.344 e. The molecule has 2 nitrogen and oxygen atoms in total. The van der Waals surface area contributed by atoms with E-state index >= 15 is 0 Å². The summed E-state index contributed by atoms with van der Waals surface area (Å²) in [5.74, 6) is 0. The third-order valence-corrected chi connectivity index (χ3v) is 1.42. The Labute approximate surface area is 50.1 Å². The summed E-state index contributed by atoms with van der Waals surface area (Å²) in [7, 11) is -3.91. The quantitative estimate of drug-likeness (QED) is 0.592. The molecule has 0 heterocycles. The second-order valence-corrected chi connectivity index (χ2v) is 4.24. The van der Waals surface area contributed by atoms with Crippen LogP contribution >= 0.6 is 7.37 Å². The summed E-state index contributed by atoms with van der Waals surface area (Å²) in [6.45, 7) is 0.681. The van der Waals surface area contributed by atoms with Gasteiger partial charge in [-0.1, -0.05) is 0 Å². The average molecular weight is 162 g/mol. The Morgan fingerprint density at radius 3 is 1.89 bits per heavy atom. The highest BCUT2D eigenvalue weighted by atomic mass is 31.2. The third-order valence-electron chi connectivity index (χ3n) is 0.473. The molecule has 0 aromatic heterocycles. The number of alkyl halides is 3. The van der Waals surface area contributed by atoms with Gasteiger partial charge in [0.2, 0.25) is 7.37 Å². The second kappa shape index (κ2) is 2.31. The Kier molecular flexibility index (Phi) is 2.30. The van der Waals surface area contributed by atoms with Crippen LogP contribution in [0.1, 0.15) is 0 Å². The molecule has 0 aliphatic heterocycles. The minimum absolute atomic E-state index is 0.681. The van der Waals surface area contributed by atoms with E-state index in [1.165, 1.54) is 0 Å². The van der Waals surface area contributed by atoms with Crippen LogP contribution in [0.5, 0.6) is 0 Å². The molecule has 0 radical (unpaired) electrons. The number of rotatable bonds is 1. The molecule has 0 fully saturated rings. The highest BCUT2D eigenvalue weighted by molar-refractivity contribution is 7.57. The first-order valence-electron chi connectivity index (χ1n) is 2.07. The van der Waals surface area contributed by atoms with Crippen LogP contribution in [0.25, 0.3) is 0 Å². The molecule has 0 aromatic carbocycles. The molecule has 1 atom stereocenters. The van der Waals surface area contributed by atoms with Gasteiger partial charge >= 0.3 is 6.18 Å². The Morgan fingerprint density at radius 1 is 1.56 bits per heavy atom. The van der Waals surface area contributed by atoms with Gasteiger partial charge in [0, 0.05) is 6.66 Å². The molecule has 0 aliphatic carbocycles. The van der Waals surface area contributed by atoms with Gasteiger partial charge in [-0.05, 0) is 0 Å². The molecule has 1 N–H and O–H groups in total. The molecule has 0 bridgehead atoms. The molecule has 0 aliphatic rings. The predicted molar refractivity (Wildman–Crippen MR) is 26.7 cm³/mol. The topological polar surface area (TPSA) is 37.3 Å². The molecular weight excluding hydrogens is 156 g/mol. The second-order valence-electron chi connectivity index (χ2n) is 1.82. The Morgan fingerprint density at radius 2 is 1.89 bits per heavy atom. The molecular formula is C3H6F3O2P. The van der Waals surface area contributed by atoms with E-state index in [2.05, 4.69) is 0 Å². The molecule has 1 unspecified atom stereocenters. The van der Waals surface area contributed by atoms with Gasteiger partial charge in [0.25, 0.3) is 0 Å². The van der Waals surface area contributed by atoms with E-state index in [1.54, 1.807) is 0 Å². The first-order chi connectivity index (χ1) is 3.71. The molecule has 6 heteroatoms. The van der Waals surface area contributed by atoms with Crippen LogP contribution in [0.3, 0.4) is 0 Å². The van der Waals surface area contributed by atoms with Crippen molar-refractivity contribution in [3.63, 3.8) is 0 Å². The van der Waals surface area contributed by atoms with Gasteiger partial charge in [-0.25, -0.2) is 0 Å². The maximum absolute atomic E-state index is 11.2. The monoisotopic (exact) mass is 162 g/mol. The largest absolute Gasteiger partial charge is 0.397 e. The molecule has 0 rings (SSSR count). The predicted octanol–water partition coefficient (Wildman–Crippen LogP) is 1.45. The lowest BCUT2D eigenvalue weighted by atomic mass is 10.8. The van der Waals surface area contributed by atoms with Crippen LogP contribution in [0.4, 0.5) is 13.2 Å². The van der Waals surface area contributed by atoms with Crippen LogP contribution in [0.2, 0.25) is 0 Å². The van der Waals surface area contributed by atoms with Crippen LogP contribution in [0.15, 0.2) is 0 Å². The minimum atomic E-state index is -4.53. The van der Waals surface area contributed by atoms with Crippen LogP contribution in [-0.4, -0.2) is 23.9 Å². The van der Waals surface area contributed by atoms with E-state index < -0.39 is 19.7 Å². The third kappa shape index (κ3) is 7.98. The molecule has 9 heavy (non-hydrogen) atoms. The van der Waals surface area contributed by atoms with Crippen molar-refractivity contribution in [2.45, 2.75) is 6.18 Å². The molecule has 0 saturated heterocycles. The van der Waals surface area contributed by atoms with Gasteiger partial charge in [-0.15, -0.1) is 0 Å².